The zero-order valence-corrected chi connectivity index (χ0v) is 16.2. The molecule has 0 saturated carbocycles. The van der Waals surface area contributed by atoms with Crippen LogP contribution in [0.3, 0.4) is 0 Å². The molecule has 0 spiro atoms. The van der Waals surface area contributed by atoms with Crippen molar-refractivity contribution in [3.05, 3.63) is 57.9 Å². The van der Waals surface area contributed by atoms with Gasteiger partial charge in [0.1, 0.15) is 11.6 Å². The second kappa shape index (κ2) is 7.28. The first-order chi connectivity index (χ1) is 12.4. The van der Waals surface area contributed by atoms with Gasteiger partial charge in [-0.15, -0.1) is 5.10 Å². The van der Waals surface area contributed by atoms with Crippen molar-refractivity contribution in [3.63, 3.8) is 0 Å². The van der Waals surface area contributed by atoms with E-state index in [1.807, 2.05) is 22.6 Å². The molecule has 0 saturated heterocycles. The minimum Gasteiger partial charge on any atom is -0.411 e. The predicted octanol–water partition coefficient (Wildman–Crippen LogP) is 4.18. The number of nitrogens with one attached hydrogen (secondary N) is 2. The lowest BCUT2D eigenvalue weighted by molar-refractivity contribution is 0.101. The van der Waals surface area contributed by atoms with Gasteiger partial charge in [-0.3, -0.25) is 4.79 Å². The van der Waals surface area contributed by atoms with Crippen molar-refractivity contribution in [2.75, 3.05) is 10.6 Å². The monoisotopic (exact) mass is 467 g/mol. The third-order valence-corrected chi connectivity index (χ3v) is 4.39. The first-order valence-corrected chi connectivity index (χ1v) is 8.60. The van der Waals surface area contributed by atoms with E-state index in [-0.39, 0.29) is 17.5 Å². The number of rotatable bonds is 6. The Hall–Kier alpha value is -2.69. The molecule has 0 radical (unpaired) electrons. The number of anilines is 3. The molecule has 26 heavy (non-hydrogen) atoms. The van der Waals surface area contributed by atoms with Crippen molar-refractivity contribution in [1.82, 2.24) is 14.8 Å². The molecule has 0 aliphatic carbocycles. The second-order valence-corrected chi connectivity index (χ2v) is 6.75. The maximum absolute atomic E-state index is 14.3. The normalized spacial score (nSPS) is 10.6. The number of halogens is 2. The van der Waals surface area contributed by atoms with Crippen LogP contribution in [-0.4, -0.2) is 20.5 Å². The second-order valence-electron chi connectivity index (χ2n) is 5.50. The molecule has 2 N–H and O–H groups in total. The van der Waals surface area contributed by atoms with Crippen LogP contribution >= 0.6 is 22.6 Å². The average molecular weight is 467 g/mol. The molecule has 0 aliphatic heterocycles. The fourth-order valence-corrected chi connectivity index (χ4v) is 2.92. The Balaban J connectivity index is 2.01. The van der Waals surface area contributed by atoms with E-state index >= 15 is 0 Å². The molecule has 1 aromatic carbocycles. The molecule has 0 amide bonds. The summed E-state index contributed by atoms with van der Waals surface area (Å²) in [6, 6.07) is 6.67. The van der Waals surface area contributed by atoms with E-state index in [0.717, 1.165) is 3.57 Å². The lowest BCUT2D eigenvalue weighted by atomic mass is 10.2. The Labute approximate surface area is 162 Å². The summed E-state index contributed by atoms with van der Waals surface area (Å²) >= 11 is 2.04. The highest BCUT2D eigenvalue weighted by molar-refractivity contribution is 14.1. The third kappa shape index (κ3) is 3.62. The highest BCUT2D eigenvalue weighted by Crippen LogP contribution is 2.31. The number of Topliss-reactive ketones (excluding diaryl/α,β-unsaturated/α-hetero) is 1. The summed E-state index contributed by atoms with van der Waals surface area (Å²) in [5, 5.41) is 13.2. The maximum Gasteiger partial charge on any atom is 0.319 e. The standard InChI is InChI=1S/C17H15FIN5O2/c1-9(21-17-23-20-8-26-17)12-7-15(10(2)25)24(3)16(12)22-14-5-4-11(19)6-13(14)18/h4-8,22H,1H2,2-3H3,(H,21,23). The Morgan fingerprint density at radius 1 is 1.38 bits per heavy atom. The number of benzene rings is 1. The van der Waals surface area contributed by atoms with Gasteiger partial charge in [0.25, 0.3) is 0 Å². The van der Waals surface area contributed by atoms with Gasteiger partial charge >= 0.3 is 6.01 Å². The summed E-state index contributed by atoms with van der Waals surface area (Å²) in [5.41, 5.74) is 1.73. The van der Waals surface area contributed by atoms with Gasteiger partial charge in [0.05, 0.1) is 11.4 Å². The van der Waals surface area contributed by atoms with Gasteiger partial charge in [0.15, 0.2) is 5.78 Å². The van der Waals surface area contributed by atoms with Gasteiger partial charge in [0, 0.05) is 28.8 Å². The first-order valence-electron chi connectivity index (χ1n) is 7.52. The number of carbonyl (C=O) groups excluding carboxylic acids is 1. The molecule has 0 atom stereocenters. The highest BCUT2D eigenvalue weighted by atomic mass is 127. The van der Waals surface area contributed by atoms with Gasteiger partial charge in [0.2, 0.25) is 6.39 Å². The molecular weight excluding hydrogens is 452 g/mol. The van der Waals surface area contributed by atoms with Crippen LogP contribution in [-0.2, 0) is 7.05 Å². The van der Waals surface area contributed by atoms with Crippen LogP contribution in [0, 0.1) is 9.39 Å². The largest absolute Gasteiger partial charge is 0.411 e. The van der Waals surface area contributed by atoms with Crippen LogP contribution in [0.15, 0.2) is 41.7 Å². The Morgan fingerprint density at radius 3 is 2.77 bits per heavy atom. The fraction of sp³-hybridized carbons (Fsp3) is 0.118. The molecule has 0 bridgehead atoms. The molecule has 2 heterocycles. The summed E-state index contributed by atoms with van der Waals surface area (Å²) in [5.74, 6) is -0.0216. The third-order valence-electron chi connectivity index (χ3n) is 3.72. The number of nitrogens with zero attached hydrogens (tertiary/aromatic N) is 3. The van der Waals surface area contributed by atoms with Crippen molar-refractivity contribution < 1.29 is 13.6 Å². The first kappa shape index (κ1) is 18.1. The lowest BCUT2D eigenvalue weighted by Gasteiger charge is -2.13. The molecule has 9 heteroatoms. The number of hydrogen-bond acceptors (Lipinski definition) is 6. The van der Waals surface area contributed by atoms with Gasteiger partial charge in [-0.25, -0.2) is 4.39 Å². The van der Waals surface area contributed by atoms with Crippen molar-refractivity contribution in [2.24, 2.45) is 7.05 Å². The average Bonchev–Trinajstić information content (AvgIpc) is 3.18. The van der Waals surface area contributed by atoms with Gasteiger partial charge in [-0.1, -0.05) is 11.7 Å². The Kier molecular flexibility index (Phi) is 5.07. The van der Waals surface area contributed by atoms with E-state index in [9.17, 15) is 9.18 Å². The molecule has 3 aromatic rings. The number of hydrogen-bond donors (Lipinski definition) is 2. The van der Waals surface area contributed by atoms with E-state index in [1.54, 1.807) is 29.8 Å². The summed E-state index contributed by atoms with van der Waals surface area (Å²) < 4.78 is 21.7. The van der Waals surface area contributed by atoms with Crippen LogP contribution in [0.5, 0.6) is 0 Å². The quantitative estimate of drug-likeness (QED) is 0.418. The summed E-state index contributed by atoms with van der Waals surface area (Å²) in [4.78, 5) is 11.9. The zero-order valence-electron chi connectivity index (χ0n) is 14.0. The minimum absolute atomic E-state index is 0.129. The van der Waals surface area contributed by atoms with Crippen LogP contribution in [0.4, 0.5) is 21.9 Å². The van der Waals surface area contributed by atoms with E-state index in [1.165, 1.54) is 19.4 Å². The summed E-state index contributed by atoms with van der Waals surface area (Å²) in [6.45, 7) is 5.41. The highest BCUT2D eigenvalue weighted by Gasteiger charge is 2.19. The van der Waals surface area contributed by atoms with E-state index in [0.29, 0.717) is 22.8 Å². The van der Waals surface area contributed by atoms with Crippen molar-refractivity contribution in [2.45, 2.75) is 6.92 Å². The zero-order chi connectivity index (χ0) is 18.8. The van der Waals surface area contributed by atoms with Gasteiger partial charge < -0.3 is 19.6 Å². The Morgan fingerprint density at radius 2 is 2.15 bits per heavy atom. The Bertz CT molecular complexity index is 981. The van der Waals surface area contributed by atoms with Crippen molar-refractivity contribution >= 4 is 51.6 Å². The molecule has 0 fully saturated rings. The van der Waals surface area contributed by atoms with Gasteiger partial charge in [-0.05, 0) is 46.9 Å². The fourth-order valence-electron chi connectivity index (χ4n) is 2.46. The summed E-state index contributed by atoms with van der Waals surface area (Å²) in [7, 11) is 1.72. The smallest absolute Gasteiger partial charge is 0.319 e. The van der Waals surface area contributed by atoms with E-state index in [4.69, 9.17) is 4.42 Å². The number of ketones is 1. The van der Waals surface area contributed by atoms with Crippen LogP contribution in [0.2, 0.25) is 0 Å². The topological polar surface area (TPSA) is 85.0 Å². The van der Waals surface area contributed by atoms with Crippen LogP contribution < -0.4 is 10.6 Å². The maximum atomic E-state index is 14.3. The van der Waals surface area contributed by atoms with Gasteiger partial charge in [-0.2, -0.15) is 0 Å². The number of aromatic nitrogens is 3. The number of carbonyl (C=O) groups is 1. The van der Waals surface area contributed by atoms with E-state index < -0.39 is 5.82 Å². The molecule has 0 aliphatic rings. The lowest BCUT2D eigenvalue weighted by Crippen LogP contribution is -2.07. The van der Waals surface area contributed by atoms with Crippen molar-refractivity contribution in [1.29, 1.82) is 0 Å². The molecule has 3 rings (SSSR count). The molecule has 7 nitrogen and oxygen atoms in total. The predicted molar refractivity (Wildman–Crippen MR) is 105 cm³/mol. The minimum atomic E-state index is -0.399. The van der Waals surface area contributed by atoms with Crippen LogP contribution in [0.1, 0.15) is 23.0 Å². The summed E-state index contributed by atoms with van der Waals surface area (Å²) in [6.07, 6.45) is 1.18. The van der Waals surface area contributed by atoms with Crippen LogP contribution in [0.25, 0.3) is 5.70 Å². The molecule has 134 valence electrons. The molecule has 2 aromatic heterocycles. The van der Waals surface area contributed by atoms with E-state index in [2.05, 4.69) is 27.4 Å². The van der Waals surface area contributed by atoms with Crippen molar-refractivity contribution in [3.8, 4) is 0 Å². The molecular formula is C17H15FIN5O2. The molecule has 0 unspecified atom stereocenters. The SMILES string of the molecule is C=C(Nc1nnco1)c1cc(C(C)=O)n(C)c1Nc1ccc(I)cc1F.